The van der Waals surface area contributed by atoms with Crippen LogP contribution in [-0.2, 0) is 33.7 Å². The lowest BCUT2D eigenvalue weighted by Crippen LogP contribution is -2.46. The van der Waals surface area contributed by atoms with Crippen molar-refractivity contribution in [3.63, 3.8) is 0 Å². The molecule has 12 nitrogen and oxygen atoms in total. The van der Waals surface area contributed by atoms with Crippen LogP contribution in [0.4, 0.5) is 39.5 Å². The first kappa shape index (κ1) is 45.6. The number of nitrogens with one attached hydrogen (secondary N) is 2. The third-order valence-electron chi connectivity index (χ3n) is 13.0. The lowest BCUT2D eigenvalue weighted by molar-refractivity contribution is -0.123. The standard InChI is InChI=1S/C45H36ClF9N8O4S/c1-19-34-36-38(41(52)53)58-62(40(36)45(54,55)37(19)34)18-33(64)56-30(14-20-12-22(47)16-23(48)13-20)43-57-29-15-21(25-4-2-3-5-28(25)49)6-9-26(29)44(65)63(43)31-11-10-27(46)35-39(31)61(17-32(50)51)59-42(35)60-68(66,67)24-7-8-24/h2-6,9-13,15-16,19,24,30,32,34-35,37,39,41H,7-8,14,17-18H2,1H3,(H,56,64)(H,59,60)/t19-,30+,34-,35?,37-,39?/m1/s1. The summed E-state index contributed by atoms with van der Waals surface area (Å²) in [4.78, 5) is 34.2. The number of amidine groups is 1. The Balaban J connectivity index is 1.14. The van der Waals surface area contributed by atoms with Gasteiger partial charge in [0.05, 0.1) is 40.4 Å². The number of carbonyl (C=O) groups is 1. The zero-order valence-corrected chi connectivity index (χ0v) is 36.7. The molecule has 5 aliphatic rings. The number of allylic oxidation sites excluding steroid dienone is 2. The Bertz CT molecular complexity index is 3190. The van der Waals surface area contributed by atoms with Crippen LogP contribution >= 0.6 is 11.6 Å². The SMILES string of the molecule is C[C@@H]1[C@@H]2c3c(C(F)F)nn(CC(=O)N[C@@H](Cc4cc(F)cc(F)c4)c4nc5cc(-c6ccccc6F)ccc5c(=O)n4C4=CC=C(Cl)C5C(NS(=O)(=O)C6CC6)=NN(CC(F)F)C45)c3C(F)(F)[C@H]12. The fourth-order valence-corrected chi connectivity index (χ4v) is 11.6. The molecule has 1 aliphatic heterocycles. The van der Waals surface area contributed by atoms with E-state index in [4.69, 9.17) is 16.6 Å². The highest BCUT2D eigenvalue weighted by molar-refractivity contribution is 7.91. The number of hydrogen-bond acceptors (Lipinski definition) is 8. The van der Waals surface area contributed by atoms with Crippen molar-refractivity contribution in [1.29, 1.82) is 0 Å². The van der Waals surface area contributed by atoms with Gasteiger partial charge in [0.15, 0.2) is 0 Å². The highest BCUT2D eigenvalue weighted by Gasteiger charge is 2.71. The van der Waals surface area contributed by atoms with Crippen LogP contribution < -0.4 is 15.6 Å². The Morgan fingerprint density at radius 3 is 2.38 bits per heavy atom. The summed E-state index contributed by atoms with van der Waals surface area (Å²) < 4.78 is 164. The smallest absolute Gasteiger partial charge is 0.293 e. The molecule has 10 rings (SSSR count). The van der Waals surface area contributed by atoms with Gasteiger partial charge in [-0.3, -0.25) is 28.6 Å². The summed E-state index contributed by atoms with van der Waals surface area (Å²) in [5.74, 6) is -12.6. The average Bonchev–Trinajstić information content (AvgIpc) is 4.14. The number of amides is 1. The number of fused-ring (bicyclic) bond motifs is 5. The van der Waals surface area contributed by atoms with Gasteiger partial charge >= 0.3 is 0 Å². The van der Waals surface area contributed by atoms with Crippen LogP contribution in [0.1, 0.15) is 66.5 Å². The molecule has 2 unspecified atom stereocenters. The van der Waals surface area contributed by atoms with Crippen molar-refractivity contribution in [2.45, 2.75) is 74.8 Å². The highest BCUT2D eigenvalue weighted by atomic mass is 35.5. The van der Waals surface area contributed by atoms with Crippen LogP contribution in [0.3, 0.4) is 0 Å². The van der Waals surface area contributed by atoms with E-state index in [2.05, 4.69) is 20.2 Å². The van der Waals surface area contributed by atoms with E-state index in [-0.39, 0.29) is 49.7 Å². The highest BCUT2D eigenvalue weighted by Crippen LogP contribution is 2.71. The summed E-state index contributed by atoms with van der Waals surface area (Å²) in [6.45, 7) is -0.711. The number of halogens is 10. The summed E-state index contributed by atoms with van der Waals surface area (Å²) >= 11 is 6.72. The number of hydrazone groups is 1. The van der Waals surface area contributed by atoms with Crippen molar-refractivity contribution in [3.05, 3.63) is 134 Å². The molecule has 68 heavy (non-hydrogen) atoms. The normalized spacial score (nSPS) is 23.0. The molecule has 0 spiro atoms. The van der Waals surface area contributed by atoms with Gasteiger partial charge in [0.1, 0.15) is 53.1 Å². The fraction of sp³-hybridized carbons (Fsp3) is 0.356. The van der Waals surface area contributed by atoms with E-state index in [1.165, 1.54) is 55.5 Å². The molecule has 2 N–H and O–H groups in total. The largest absolute Gasteiger partial charge is 0.344 e. The van der Waals surface area contributed by atoms with Crippen molar-refractivity contribution in [3.8, 4) is 11.1 Å². The lowest BCUT2D eigenvalue weighted by atomic mass is 9.91. The summed E-state index contributed by atoms with van der Waals surface area (Å²) in [6.07, 6.45) is -3.79. The number of hydrogen-bond donors (Lipinski definition) is 2. The summed E-state index contributed by atoms with van der Waals surface area (Å²) in [5.41, 5.74) is -3.22. The molecule has 3 aromatic carbocycles. The minimum Gasteiger partial charge on any atom is -0.344 e. The zero-order chi connectivity index (χ0) is 48.3. The Hall–Kier alpha value is -6.16. The van der Waals surface area contributed by atoms with E-state index in [1.807, 2.05) is 0 Å². The fourth-order valence-electron chi connectivity index (χ4n) is 9.92. The second-order valence-corrected chi connectivity index (χ2v) is 19.9. The van der Waals surface area contributed by atoms with Gasteiger partial charge in [-0.25, -0.2) is 44.1 Å². The molecule has 2 saturated carbocycles. The van der Waals surface area contributed by atoms with Crippen molar-refractivity contribution in [1.82, 2.24) is 34.4 Å². The molecule has 5 aromatic rings. The van der Waals surface area contributed by atoms with Gasteiger partial charge in [0.2, 0.25) is 15.9 Å². The van der Waals surface area contributed by atoms with E-state index < -0.39 is 135 Å². The minimum atomic E-state index is -4.08. The number of aromatic nitrogens is 4. The molecule has 2 fully saturated rings. The number of alkyl halides is 6. The predicted molar refractivity (Wildman–Crippen MR) is 230 cm³/mol. The van der Waals surface area contributed by atoms with Crippen LogP contribution in [0.5, 0.6) is 0 Å². The van der Waals surface area contributed by atoms with Crippen molar-refractivity contribution < 1.29 is 52.7 Å². The summed E-state index contributed by atoms with van der Waals surface area (Å²) in [5, 5.41) is 10.4. The molecular formula is C45H36ClF9N8O4S. The Morgan fingerprint density at radius 1 is 0.985 bits per heavy atom. The van der Waals surface area contributed by atoms with E-state index in [0.717, 1.165) is 21.7 Å². The van der Waals surface area contributed by atoms with Gasteiger partial charge in [-0.2, -0.15) is 19.0 Å². The van der Waals surface area contributed by atoms with Crippen LogP contribution in [0, 0.1) is 35.2 Å². The minimum absolute atomic E-state index is 0.0792. The van der Waals surface area contributed by atoms with Gasteiger partial charge < -0.3 is 5.32 Å². The first-order chi connectivity index (χ1) is 32.2. The molecule has 356 valence electrons. The molecule has 4 aliphatic carbocycles. The van der Waals surface area contributed by atoms with Gasteiger partial charge in [0.25, 0.3) is 24.3 Å². The monoisotopic (exact) mass is 990 g/mol. The summed E-state index contributed by atoms with van der Waals surface area (Å²) in [7, 11) is -4.08. The third kappa shape index (κ3) is 7.81. The molecule has 6 atom stereocenters. The molecular weight excluding hydrogens is 955 g/mol. The molecule has 1 amide bonds. The van der Waals surface area contributed by atoms with Gasteiger partial charge in [-0.1, -0.05) is 42.8 Å². The number of rotatable bonds is 13. The molecule has 23 heteroatoms. The maximum absolute atomic E-state index is 15.8. The number of nitrogens with zero attached hydrogens (tertiary/aromatic N) is 6. The Kier molecular flexibility index (Phi) is 11.1. The zero-order valence-electron chi connectivity index (χ0n) is 35.2. The van der Waals surface area contributed by atoms with E-state index in [0.29, 0.717) is 23.6 Å². The maximum atomic E-state index is 15.8. The first-order valence-electron chi connectivity index (χ1n) is 21.3. The van der Waals surface area contributed by atoms with E-state index in [9.17, 15) is 39.6 Å². The average molecular weight is 991 g/mol. The van der Waals surface area contributed by atoms with Crippen molar-refractivity contribution in [2.24, 2.45) is 22.9 Å². The predicted octanol–water partition coefficient (Wildman–Crippen LogP) is 8.11. The molecule has 3 heterocycles. The number of carbonyl (C=O) groups excluding carboxylic acids is 1. The first-order valence-corrected chi connectivity index (χ1v) is 23.2. The van der Waals surface area contributed by atoms with Crippen LogP contribution in [0.25, 0.3) is 27.7 Å². The van der Waals surface area contributed by atoms with Crippen LogP contribution in [0.2, 0.25) is 0 Å². The van der Waals surface area contributed by atoms with Crippen molar-refractivity contribution in [2.75, 3.05) is 6.54 Å². The van der Waals surface area contributed by atoms with E-state index >= 15 is 18.0 Å². The van der Waals surface area contributed by atoms with Gasteiger partial charge in [-0.15, -0.1) is 0 Å². The second-order valence-electron chi connectivity index (χ2n) is 17.5. The number of sulfonamides is 1. The molecule has 0 bridgehead atoms. The number of benzene rings is 3. The molecule has 0 saturated heterocycles. The second kappa shape index (κ2) is 16.5. The van der Waals surface area contributed by atoms with Gasteiger partial charge in [-0.05, 0) is 72.4 Å². The van der Waals surface area contributed by atoms with Gasteiger partial charge in [0, 0.05) is 40.5 Å². The van der Waals surface area contributed by atoms with Crippen molar-refractivity contribution >= 4 is 50.0 Å². The Labute approximate surface area is 385 Å². The molecule has 2 aromatic heterocycles. The lowest BCUT2D eigenvalue weighted by Gasteiger charge is -2.34. The van der Waals surface area contributed by atoms with Crippen LogP contribution in [-0.4, -0.2) is 68.8 Å². The summed E-state index contributed by atoms with van der Waals surface area (Å²) in [6, 6.07) is 8.90. The topological polar surface area (TPSA) is 144 Å². The molecule has 0 radical (unpaired) electrons. The quantitative estimate of drug-likeness (QED) is 0.114. The van der Waals surface area contributed by atoms with Crippen LogP contribution in [0.15, 0.2) is 87.7 Å². The Morgan fingerprint density at radius 2 is 1.71 bits per heavy atom. The maximum Gasteiger partial charge on any atom is 0.293 e. The third-order valence-corrected chi connectivity index (χ3v) is 15.2. The van der Waals surface area contributed by atoms with E-state index in [1.54, 1.807) is 6.07 Å².